The van der Waals surface area contributed by atoms with Gasteiger partial charge in [0.2, 0.25) is 0 Å². The molecule has 0 aliphatic carbocycles. The number of benzene rings is 1. The number of hydrogen-bond acceptors (Lipinski definition) is 4. The molecule has 1 aliphatic rings. The molecule has 82 valence electrons. The normalized spacial score (nSPS) is 23.6. The van der Waals surface area contributed by atoms with Gasteiger partial charge in [0.05, 0.1) is 16.5 Å². The second kappa shape index (κ2) is 3.88. The Bertz CT molecular complexity index is 484. The van der Waals surface area contributed by atoms with E-state index in [2.05, 4.69) is 4.98 Å². The smallest absolute Gasteiger partial charge is 0.137 e. The number of ether oxygens (including phenoxy) is 1. The van der Waals surface area contributed by atoms with Crippen molar-refractivity contribution in [3.05, 3.63) is 46.4 Å². The van der Waals surface area contributed by atoms with Crippen molar-refractivity contribution in [3.8, 4) is 5.75 Å². The summed E-state index contributed by atoms with van der Waals surface area (Å²) < 4.78 is 5.86. The molecule has 0 saturated heterocycles. The van der Waals surface area contributed by atoms with Gasteiger partial charge in [-0.2, -0.15) is 0 Å². The minimum Gasteiger partial charge on any atom is -0.484 e. The molecule has 0 amide bonds. The SMILES string of the molecule is O[C@@H]1CC(c2cncs2)Oc2ccccc21. The summed E-state index contributed by atoms with van der Waals surface area (Å²) in [6.07, 6.45) is 1.88. The predicted octanol–water partition coefficient (Wildman–Crippen LogP) is 2.70. The Kier molecular flexibility index (Phi) is 2.38. The van der Waals surface area contributed by atoms with E-state index in [0.717, 1.165) is 16.2 Å². The third-order valence-electron chi connectivity index (χ3n) is 2.75. The Morgan fingerprint density at radius 3 is 3.06 bits per heavy atom. The number of aromatic nitrogens is 1. The monoisotopic (exact) mass is 233 g/mol. The second-order valence-electron chi connectivity index (χ2n) is 3.80. The van der Waals surface area contributed by atoms with Gasteiger partial charge in [0.15, 0.2) is 0 Å². The minimum absolute atomic E-state index is 0.0719. The molecule has 2 atom stereocenters. The first-order valence-corrected chi connectivity index (χ1v) is 6.04. The van der Waals surface area contributed by atoms with E-state index in [4.69, 9.17) is 4.74 Å². The highest BCUT2D eigenvalue weighted by atomic mass is 32.1. The summed E-state index contributed by atoms with van der Waals surface area (Å²) in [6.45, 7) is 0. The lowest BCUT2D eigenvalue weighted by molar-refractivity contribution is 0.0673. The van der Waals surface area contributed by atoms with Crippen molar-refractivity contribution in [1.29, 1.82) is 0 Å². The van der Waals surface area contributed by atoms with E-state index in [9.17, 15) is 5.11 Å². The van der Waals surface area contributed by atoms with E-state index in [1.54, 1.807) is 23.0 Å². The van der Waals surface area contributed by atoms with E-state index in [1.807, 2.05) is 24.3 Å². The number of rotatable bonds is 1. The molecular formula is C12H11NO2S. The van der Waals surface area contributed by atoms with E-state index in [1.165, 1.54) is 0 Å². The number of thiazole rings is 1. The molecule has 0 bridgehead atoms. The van der Waals surface area contributed by atoms with E-state index < -0.39 is 6.10 Å². The summed E-state index contributed by atoms with van der Waals surface area (Å²) in [6, 6.07) is 7.63. The first-order chi connectivity index (χ1) is 7.84. The molecule has 0 fully saturated rings. The molecule has 1 aromatic heterocycles. The molecule has 1 unspecified atom stereocenters. The van der Waals surface area contributed by atoms with Crippen LogP contribution in [0.25, 0.3) is 0 Å². The molecule has 1 aliphatic heterocycles. The Morgan fingerprint density at radius 1 is 1.38 bits per heavy atom. The van der Waals surface area contributed by atoms with Crippen LogP contribution in [-0.4, -0.2) is 10.1 Å². The highest BCUT2D eigenvalue weighted by Gasteiger charge is 2.28. The minimum atomic E-state index is -0.447. The van der Waals surface area contributed by atoms with Crippen molar-refractivity contribution in [3.63, 3.8) is 0 Å². The zero-order valence-corrected chi connectivity index (χ0v) is 9.35. The van der Waals surface area contributed by atoms with Crippen LogP contribution in [0.1, 0.15) is 29.1 Å². The summed E-state index contributed by atoms with van der Waals surface area (Å²) >= 11 is 1.56. The highest BCUT2D eigenvalue weighted by Crippen LogP contribution is 2.41. The molecular weight excluding hydrogens is 222 g/mol. The molecule has 2 heterocycles. The molecule has 0 saturated carbocycles. The molecule has 0 radical (unpaired) electrons. The van der Waals surface area contributed by atoms with Crippen LogP contribution < -0.4 is 4.74 Å². The first-order valence-electron chi connectivity index (χ1n) is 5.16. The fraction of sp³-hybridized carbons (Fsp3) is 0.250. The summed E-state index contributed by atoms with van der Waals surface area (Å²) in [7, 11) is 0. The lowest BCUT2D eigenvalue weighted by atomic mass is 9.99. The zero-order valence-electron chi connectivity index (χ0n) is 8.54. The van der Waals surface area contributed by atoms with Crippen LogP contribution in [0.15, 0.2) is 36.0 Å². The molecule has 2 aromatic rings. The van der Waals surface area contributed by atoms with Gasteiger partial charge < -0.3 is 9.84 Å². The standard InChI is InChI=1S/C12H11NO2S/c14-9-5-11(12-6-13-7-16-12)15-10-4-2-1-3-8(9)10/h1-4,6-7,9,11,14H,5H2/t9-,11?/m1/s1. The van der Waals surface area contributed by atoms with Crippen molar-refractivity contribution in [2.45, 2.75) is 18.6 Å². The number of para-hydroxylation sites is 1. The molecule has 4 heteroatoms. The van der Waals surface area contributed by atoms with E-state index in [-0.39, 0.29) is 6.10 Å². The van der Waals surface area contributed by atoms with Gasteiger partial charge in [0, 0.05) is 18.2 Å². The van der Waals surface area contributed by atoms with Crippen molar-refractivity contribution < 1.29 is 9.84 Å². The Hall–Kier alpha value is -1.39. The summed E-state index contributed by atoms with van der Waals surface area (Å²) in [5.74, 6) is 0.777. The van der Waals surface area contributed by atoms with Crippen LogP contribution in [0, 0.1) is 0 Å². The van der Waals surface area contributed by atoms with Crippen LogP contribution in [0.2, 0.25) is 0 Å². The topological polar surface area (TPSA) is 42.4 Å². The van der Waals surface area contributed by atoms with Crippen LogP contribution >= 0.6 is 11.3 Å². The fourth-order valence-electron chi connectivity index (χ4n) is 1.95. The molecule has 3 nitrogen and oxygen atoms in total. The average Bonchev–Trinajstić information content (AvgIpc) is 2.82. The summed E-state index contributed by atoms with van der Waals surface area (Å²) in [4.78, 5) is 5.10. The van der Waals surface area contributed by atoms with Crippen molar-refractivity contribution in [2.24, 2.45) is 0 Å². The molecule has 3 rings (SSSR count). The molecule has 1 N–H and O–H groups in total. The van der Waals surface area contributed by atoms with Gasteiger partial charge in [-0.25, -0.2) is 0 Å². The quantitative estimate of drug-likeness (QED) is 0.823. The number of aliphatic hydroxyl groups excluding tert-OH is 1. The number of fused-ring (bicyclic) bond motifs is 1. The number of nitrogens with zero attached hydrogens (tertiary/aromatic N) is 1. The van der Waals surface area contributed by atoms with Crippen molar-refractivity contribution in [2.75, 3.05) is 0 Å². The second-order valence-corrected chi connectivity index (χ2v) is 4.72. The lowest BCUT2D eigenvalue weighted by Crippen LogP contribution is -2.18. The van der Waals surface area contributed by atoms with Gasteiger partial charge in [0.1, 0.15) is 11.9 Å². The van der Waals surface area contributed by atoms with Crippen LogP contribution in [0.3, 0.4) is 0 Å². The highest BCUT2D eigenvalue weighted by molar-refractivity contribution is 7.09. The average molecular weight is 233 g/mol. The Balaban J connectivity index is 1.95. The molecule has 0 spiro atoms. The van der Waals surface area contributed by atoms with Crippen molar-refractivity contribution in [1.82, 2.24) is 4.98 Å². The fourth-order valence-corrected chi connectivity index (χ4v) is 2.61. The van der Waals surface area contributed by atoms with Gasteiger partial charge in [-0.1, -0.05) is 18.2 Å². The maximum atomic E-state index is 10.0. The first kappa shape index (κ1) is 9.81. The van der Waals surface area contributed by atoms with E-state index >= 15 is 0 Å². The molecule has 1 aromatic carbocycles. The number of hydrogen-bond donors (Lipinski definition) is 1. The van der Waals surface area contributed by atoms with Crippen LogP contribution in [0.4, 0.5) is 0 Å². The predicted molar refractivity (Wildman–Crippen MR) is 61.5 cm³/mol. The third kappa shape index (κ3) is 1.60. The van der Waals surface area contributed by atoms with Gasteiger partial charge in [-0.3, -0.25) is 4.98 Å². The maximum absolute atomic E-state index is 10.0. The lowest BCUT2D eigenvalue weighted by Gasteiger charge is -2.28. The van der Waals surface area contributed by atoms with Crippen LogP contribution in [0.5, 0.6) is 5.75 Å². The summed E-state index contributed by atoms with van der Waals surface area (Å²) in [5, 5.41) is 10.0. The zero-order chi connectivity index (χ0) is 11.0. The third-order valence-corrected chi connectivity index (χ3v) is 3.62. The Labute approximate surface area is 97.3 Å². The van der Waals surface area contributed by atoms with E-state index in [0.29, 0.717) is 6.42 Å². The Morgan fingerprint density at radius 2 is 2.25 bits per heavy atom. The van der Waals surface area contributed by atoms with Gasteiger partial charge in [-0.15, -0.1) is 11.3 Å². The van der Waals surface area contributed by atoms with Crippen LogP contribution in [-0.2, 0) is 0 Å². The van der Waals surface area contributed by atoms with Gasteiger partial charge >= 0.3 is 0 Å². The largest absolute Gasteiger partial charge is 0.484 e. The summed E-state index contributed by atoms with van der Waals surface area (Å²) in [5.41, 5.74) is 2.66. The van der Waals surface area contributed by atoms with Gasteiger partial charge in [-0.05, 0) is 6.07 Å². The van der Waals surface area contributed by atoms with Gasteiger partial charge in [0.25, 0.3) is 0 Å². The van der Waals surface area contributed by atoms with Crippen molar-refractivity contribution >= 4 is 11.3 Å². The number of aliphatic hydroxyl groups is 1. The maximum Gasteiger partial charge on any atom is 0.137 e. The molecule has 16 heavy (non-hydrogen) atoms.